The smallest absolute Gasteiger partial charge is 0.341 e. The van der Waals surface area contributed by atoms with Gasteiger partial charge < -0.3 is 14.8 Å². The summed E-state index contributed by atoms with van der Waals surface area (Å²) in [5.74, 6) is -1.85. The van der Waals surface area contributed by atoms with E-state index in [0.29, 0.717) is 11.9 Å². The lowest BCUT2D eigenvalue weighted by atomic mass is 9.97. The SMILES string of the molecule is CC(C)CC(CO)n1c(Cc2cccc(Cl)c2F)c(C(=O)O)c(=O)c2ccccc21. The highest BCUT2D eigenvalue weighted by Crippen LogP contribution is 2.29. The van der Waals surface area contributed by atoms with Crippen LogP contribution in [0, 0.1) is 11.7 Å². The van der Waals surface area contributed by atoms with Crippen LogP contribution in [-0.2, 0) is 6.42 Å². The van der Waals surface area contributed by atoms with Crippen LogP contribution in [-0.4, -0.2) is 27.4 Å². The van der Waals surface area contributed by atoms with E-state index in [1.807, 2.05) is 13.8 Å². The van der Waals surface area contributed by atoms with Crippen LogP contribution in [0.4, 0.5) is 4.39 Å². The number of aromatic nitrogens is 1. The van der Waals surface area contributed by atoms with E-state index in [0.717, 1.165) is 0 Å². The van der Waals surface area contributed by atoms with Gasteiger partial charge in [0, 0.05) is 17.5 Å². The average Bonchev–Trinajstić information content (AvgIpc) is 2.70. The van der Waals surface area contributed by atoms with Gasteiger partial charge in [0.1, 0.15) is 11.4 Å². The number of para-hydroxylation sites is 1. The average molecular weight is 432 g/mol. The van der Waals surface area contributed by atoms with Crippen molar-refractivity contribution < 1.29 is 19.4 Å². The van der Waals surface area contributed by atoms with Crippen LogP contribution in [0.3, 0.4) is 0 Å². The number of hydrogen-bond acceptors (Lipinski definition) is 3. The summed E-state index contributed by atoms with van der Waals surface area (Å²) in [6, 6.07) is 10.7. The number of aliphatic hydroxyl groups excluding tert-OH is 1. The van der Waals surface area contributed by atoms with Gasteiger partial charge in [-0.2, -0.15) is 0 Å². The summed E-state index contributed by atoms with van der Waals surface area (Å²) in [4.78, 5) is 25.2. The number of carboxylic acid groups (broad SMARTS) is 1. The molecule has 30 heavy (non-hydrogen) atoms. The number of carbonyl (C=O) groups is 1. The van der Waals surface area contributed by atoms with Crippen molar-refractivity contribution in [2.75, 3.05) is 6.61 Å². The van der Waals surface area contributed by atoms with Crippen LogP contribution in [0.1, 0.15) is 47.9 Å². The van der Waals surface area contributed by atoms with Crippen molar-refractivity contribution >= 4 is 28.5 Å². The predicted molar refractivity (Wildman–Crippen MR) is 115 cm³/mol. The molecule has 1 heterocycles. The van der Waals surface area contributed by atoms with Crippen molar-refractivity contribution in [3.05, 3.63) is 80.3 Å². The number of hydrogen-bond donors (Lipinski definition) is 2. The molecule has 3 aromatic rings. The molecule has 5 nitrogen and oxygen atoms in total. The molecule has 158 valence electrons. The molecule has 0 amide bonds. The fraction of sp³-hybridized carbons (Fsp3) is 0.304. The van der Waals surface area contributed by atoms with Crippen LogP contribution in [0.15, 0.2) is 47.3 Å². The normalized spacial score (nSPS) is 12.5. The number of nitrogens with zero attached hydrogens (tertiary/aromatic N) is 1. The molecule has 7 heteroatoms. The van der Waals surface area contributed by atoms with Gasteiger partial charge in [-0.15, -0.1) is 0 Å². The Morgan fingerprint density at radius 3 is 2.50 bits per heavy atom. The number of halogens is 2. The number of pyridine rings is 1. The molecule has 3 rings (SSSR count). The summed E-state index contributed by atoms with van der Waals surface area (Å²) in [5, 5.41) is 20.2. The Morgan fingerprint density at radius 2 is 1.87 bits per heavy atom. The van der Waals surface area contributed by atoms with Gasteiger partial charge >= 0.3 is 5.97 Å². The van der Waals surface area contributed by atoms with E-state index in [4.69, 9.17) is 11.6 Å². The Hall–Kier alpha value is -2.70. The minimum absolute atomic E-state index is 0.0834. The molecule has 2 N–H and O–H groups in total. The predicted octanol–water partition coefficient (Wildman–Crippen LogP) is 4.66. The zero-order chi connectivity index (χ0) is 22.0. The Morgan fingerprint density at radius 1 is 1.17 bits per heavy atom. The minimum atomic E-state index is -1.39. The van der Waals surface area contributed by atoms with E-state index < -0.39 is 28.8 Å². The van der Waals surface area contributed by atoms with Crippen molar-refractivity contribution in [2.24, 2.45) is 5.92 Å². The van der Waals surface area contributed by atoms with Crippen LogP contribution in [0.2, 0.25) is 5.02 Å². The maximum absolute atomic E-state index is 14.6. The number of benzene rings is 2. The van der Waals surface area contributed by atoms with E-state index in [2.05, 4.69) is 0 Å². The quantitative estimate of drug-likeness (QED) is 0.570. The molecule has 0 aliphatic rings. The second-order valence-corrected chi connectivity index (χ2v) is 8.11. The minimum Gasteiger partial charge on any atom is -0.477 e. The van der Waals surface area contributed by atoms with Crippen molar-refractivity contribution in [3.8, 4) is 0 Å². The first kappa shape index (κ1) is 22.0. The van der Waals surface area contributed by atoms with E-state index in [9.17, 15) is 24.2 Å². The van der Waals surface area contributed by atoms with Crippen LogP contribution >= 0.6 is 11.6 Å². The Bertz CT molecular complexity index is 1160. The third-order valence-electron chi connectivity index (χ3n) is 5.14. The molecule has 1 atom stereocenters. The molecule has 0 radical (unpaired) electrons. The molecule has 0 fully saturated rings. The second-order valence-electron chi connectivity index (χ2n) is 7.70. The molecule has 0 spiro atoms. The molecule has 2 aromatic carbocycles. The highest BCUT2D eigenvalue weighted by Gasteiger charge is 2.26. The van der Waals surface area contributed by atoms with Gasteiger partial charge in [0.05, 0.1) is 23.2 Å². The molecule has 0 bridgehead atoms. The summed E-state index contributed by atoms with van der Waals surface area (Å²) in [6.45, 7) is 3.72. The summed E-state index contributed by atoms with van der Waals surface area (Å²) in [5.41, 5.74) is -0.227. The Kier molecular flexibility index (Phi) is 6.58. The zero-order valence-corrected chi connectivity index (χ0v) is 17.5. The van der Waals surface area contributed by atoms with E-state index in [1.54, 1.807) is 34.9 Å². The van der Waals surface area contributed by atoms with Gasteiger partial charge in [-0.05, 0) is 36.1 Å². The maximum atomic E-state index is 14.6. The van der Waals surface area contributed by atoms with Crippen molar-refractivity contribution in [2.45, 2.75) is 32.7 Å². The number of carboxylic acids is 1. The van der Waals surface area contributed by atoms with E-state index >= 15 is 0 Å². The number of aliphatic hydroxyl groups is 1. The molecule has 0 aliphatic heterocycles. The van der Waals surface area contributed by atoms with Gasteiger partial charge in [-0.25, -0.2) is 9.18 Å². The zero-order valence-electron chi connectivity index (χ0n) is 16.7. The number of rotatable bonds is 7. The van der Waals surface area contributed by atoms with Crippen LogP contribution < -0.4 is 5.43 Å². The first-order valence-corrected chi connectivity index (χ1v) is 10.1. The third kappa shape index (κ3) is 4.11. The third-order valence-corrected chi connectivity index (χ3v) is 5.43. The lowest BCUT2D eigenvalue weighted by molar-refractivity contribution is 0.0692. The van der Waals surface area contributed by atoms with Gasteiger partial charge in [0.2, 0.25) is 5.43 Å². The molecule has 0 saturated heterocycles. The van der Waals surface area contributed by atoms with Gasteiger partial charge in [0.25, 0.3) is 0 Å². The molecule has 1 unspecified atom stereocenters. The van der Waals surface area contributed by atoms with Crippen molar-refractivity contribution in [3.63, 3.8) is 0 Å². The van der Waals surface area contributed by atoms with Crippen molar-refractivity contribution in [1.29, 1.82) is 0 Å². The molecule has 0 saturated carbocycles. The molecule has 1 aromatic heterocycles. The van der Waals surface area contributed by atoms with E-state index in [1.165, 1.54) is 12.1 Å². The topological polar surface area (TPSA) is 79.5 Å². The molecular formula is C23H23ClFNO4. The highest BCUT2D eigenvalue weighted by molar-refractivity contribution is 6.30. The van der Waals surface area contributed by atoms with Crippen LogP contribution in [0.25, 0.3) is 10.9 Å². The fourth-order valence-corrected chi connectivity index (χ4v) is 4.08. The fourth-order valence-electron chi connectivity index (χ4n) is 3.89. The second kappa shape index (κ2) is 8.98. The lowest BCUT2D eigenvalue weighted by Gasteiger charge is -2.27. The van der Waals surface area contributed by atoms with Crippen LogP contribution in [0.5, 0.6) is 0 Å². The van der Waals surface area contributed by atoms with Crippen molar-refractivity contribution in [1.82, 2.24) is 4.57 Å². The molecular weight excluding hydrogens is 409 g/mol. The summed E-state index contributed by atoms with van der Waals surface area (Å²) >= 11 is 5.91. The standard InChI is InChI=1S/C23H23ClFNO4/c1-13(2)10-15(12-27)26-18-9-4-3-7-16(18)22(28)20(23(29)30)19(26)11-14-6-5-8-17(24)21(14)25/h3-9,13,15,27H,10-12H2,1-2H3,(H,29,30). The first-order valence-electron chi connectivity index (χ1n) is 9.69. The Labute approximate surface area is 178 Å². The largest absolute Gasteiger partial charge is 0.477 e. The van der Waals surface area contributed by atoms with Gasteiger partial charge in [-0.3, -0.25) is 4.79 Å². The van der Waals surface area contributed by atoms with Gasteiger partial charge in [-0.1, -0.05) is 49.7 Å². The first-order chi connectivity index (χ1) is 14.3. The monoisotopic (exact) mass is 431 g/mol. The summed E-state index contributed by atoms with van der Waals surface area (Å²) < 4.78 is 16.3. The number of fused-ring (bicyclic) bond motifs is 1. The summed E-state index contributed by atoms with van der Waals surface area (Å²) in [6.07, 6.45) is 0.399. The van der Waals surface area contributed by atoms with E-state index in [-0.39, 0.29) is 40.6 Å². The Balaban J connectivity index is 2.41. The molecule has 0 aliphatic carbocycles. The lowest BCUT2D eigenvalue weighted by Crippen LogP contribution is -2.28. The summed E-state index contributed by atoms with van der Waals surface area (Å²) in [7, 11) is 0. The maximum Gasteiger partial charge on any atom is 0.341 e. The number of aromatic carboxylic acids is 1. The highest BCUT2D eigenvalue weighted by atomic mass is 35.5. The van der Waals surface area contributed by atoms with Gasteiger partial charge in [0.15, 0.2) is 0 Å².